The zero-order valence-corrected chi connectivity index (χ0v) is 16.7. The molecule has 1 heterocycles. The van der Waals surface area contributed by atoms with E-state index in [1.165, 1.54) is 30.3 Å². The Kier molecular flexibility index (Phi) is 5.23. The first-order valence-corrected chi connectivity index (χ1v) is 9.57. The van der Waals surface area contributed by atoms with Crippen molar-refractivity contribution in [3.63, 3.8) is 0 Å². The molecule has 0 atom stereocenters. The average molecular weight is 449 g/mol. The number of hydrogen-bond acceptors (Lipinski definition) is 6. The number of halogens is 2. The van der Waals surface area contributed by atoms with Crippen LogP contribution < -0.4 is 21.3 Å². The number of carbonyl (C=O) groups is 1. The number of ether oxygens (including phenoxy) is 1. The standard InChI is InChI=1S/C19H14Cl2N4O5/c20-13-5-10(25-19(29)24-16(27)8-22-25)6-14(21)17(13)30-11-3-4-15(26)12(7-11)18(28)23-9-1-2-9/h3-9,26H,1-2H2,(H,23,28)(H,24,27,29). The van der Waals surface area contributed by atoms with Gasteiger partial charge in [0.15, 0.2) is 5.75 Å². The van der Waals surface area contributed by atoms with Crippen molar-refractivity contribution in [3.8, 4) is 22.9 Å². The fourth-order valence-electron chi connectivity index (χ4n) is 2.67. The van der Waals surface area contributed by atoms with E-state index in [2.05, 4.69) is 15.4 Å². The molecule has 1 aromatic heterocycles. The number of nitrogens with one attached hydrogen (secondary N) is 2. The van der Waals surface area contributed by atoms with Crippen molar-refractivity contribution >= 4 is 29.1 Å². The molecule has 3 N–H and O–H groups in total. The average Bonchev–Trinajstić information content (AvgIpc) is 3.49. The second-order valence-electron chi connectivity index (χ2n) is 6.62. The van der Waals surface area contributed by atoms with Crippen molar-refractivity contribution in [2.45, 2.75) is 18.9 Å². The maximum atomic E-state index is 12.3. The van der Waals surface area contributed by atoms with E-state index in [1.807, 2.05) is 0 Å². The number of aromatic nitrogens is 3. The molecule has 0 spiro atoms. The lowest BCUT2D eigenvalue weighted by molar-refractivity contribution is 0.0948. The van der Waals surface area contributed by atoms with Gasteiger partial charge >= 0.3 is 5.69 Å². The molecule has 0 unspecified atom stereocenters. The van der Waals surface area contributed by atoms with Gasteiger partial charge in [-0.2, -0.15) is 9.78 Å². The summed E-state index contributed by atoms with van der Waals surface area (Å²) in [5.74, 6) is -0.281. The summed E-state index contributed by atoms with van der Waals surface area (Å²) in [5.41, 5.74) is -1.11. The lowest BCUT2D eigenvalue weighted by Crippen LogP contribution is -2.30. The molecule has 0 aliphatic heterocycles. The van der Waals surface area contributed by atoms with Gasteiger partial charge < -0.3 is 15.2 Å². The molecule has 3 aromatic rings. The van der Waals surface area contributed by atoms with Crippen LogP contribution >= 0.6 is 23.2 Å². The van der Waals surface area contributed by atoms with E-state index in [1.54, 1.807) is 0 Å². The number of nitrogens with zero attached hydrogens (tertiary/aromatic N) is 2. The van der Waals surface area contributed by atoms with Crippen LogP contribution in [0.25, 0.3) is 5.69 Å². The van der Waals surface area contributed by atoms with Gasteiger partial charge in [0.2, 0.25) is 0 Å². The topological polar surface area (TPSA) is 126 Å². The largest absolute Gasteiger partial charge is 0.507 e. The Bertz CT molecular complexity index is 1240. The lowest BCUT2D eigenvalue weighted by Gasteiger charge is -2.13. The highest BCUT2D eigenvalue weighted by atomic mass is 35.5. The summed E-state index contributed by atoms with van der Waals surface area (Å²) < 4.78 is 6.65. The SMILES string of the molecule is O=C(NC1CC1)c1cc(Oc2c(Cl)cc(-n3ncc(=O)[nH]c3=O)cc2Cl)ccc1O. The van der Waals surface area contributed by atoms with Crippen molar-refractivity contribution in [1.82, 2.24) is 20.1 Å². The van der Waals surface area contributed by atoms with E-state index in [0.29, 0.717) is 0 Å². The number of hydrogen-bond donors (Lipinski definition) is 3. The molecule has 4 rings (SSSR count). The van der Waals surface area contributed by atoms with E-state index in [4.69, 9.17) is 27.9 Å². The third kappa shape index (κ3) is 4.17. The second-order valence-corrected chi connectivity index (χ2v) is 7.43. The molecule has 2 aromatic carbocycles. The van der Waals surface area contributed by atoms with Crippen LogP contribution in [0, 0.1) is 0 Å². The third-order valence-corrected chi connectivity index (χ3v) is 4.85. The van der Waals surface area contributed by atoms with Crippen LogP contribution in [-0.2, 0) is 0 Å². The second kappa shape index (κ2) is 7.85. The number of rotatable bonds is 5. The van der Waals surface area contributed by atoms with Crippen LogP contribution in [-0.4, -0.2) is 31.8 Å². The summed E-state index contributed by atoms with van der Waals surface area (Å²) >= 11 is 12.6. The minimum Gasteiger partial charge on any atom is -0.507 e. The summed E-state index contributed by atoms with van der Waals surface area (Å²) in [5, 5.41) is 16.6. The highest BCUT2D eigenvalue weighted by molar-refractivity contribution is 6.37. The molecular weight excluding hydrogens is 435 g/mol. The lowest BCUT2D eigenvalue weighted by atomic mass is 10.1. The van der Waals surface area contributed by atoms with Gasteiger partial charge in [-0.05, 0) is 43.2 Å². The van der Waals surface area contributed by atoms with Crippen LogP contribution in [0.15, 0.2) is 46.1 Å². The van der Waals surface area contributed by atoms with Gasteiger partial charge in [0, 0.05) is 6.04 Å². The molecule has 1 aliphatic carbocycles. The van der Waals surface area contributed by atoms with Crippen LogP contribution in [0.4, 0.5) is 0 Å². The smallest absolute Gasteiger partial charge is 0.349 e. The fraction of sp³-hybridized carbons (Fsp3) is 0.158. The van der Waals surface area contributed by atoms with Crippen molar-refractivity contribution in [2.24, 2.45) is 0 Å². The molecule has 11 heteroatoms. The maximum Gasteiger partial charge on any atom is 0.349 e. The zero-order chi connectivity index (χ0) is 21.4. The number of H-pyrrole nitrogens is 1. The van der Waals surface area contributed by atoms with Crippen LogP contribution in [0.1, 0.15) is 23.2 Å². The molecule has 30 heavy (non-hydrogen) atoms. The van der Waals surface area contributed by atoms with Crippen molar-refractivity contribution in [2.75, 3.05) is 0 Å². The number of carbonyl (C=O) groups excluding carboxylic acids is 1. The number of phenols is 1. The molecule has 1 fully saturated rings. The normalized spacial score (nSPS) is 13.1. The third-order valence-electron chi connectivity index (χ3n) is 4.29. The summed E-state index contributed by atoms with van der Waals surface area (Å²) in [4.78, 5) is 37.4. The number of phenolic OH excluding ortho intramolecular Hbond substituents is 1. The van der Waals surface area contributed by atoms with E-state index in [-0.39, 0.29) is 44.6 Å². The van der Waals surface area contributed by atoms with Gasteiger partial charge in [-0.25, -0.2) is 4.79 Å². The first kappa shape index (κ1) is 20.0. The first-order chi connectivity index (χ1) is 14.3. The predicted molar refractivity (Wildman–Crippen MR) is 109 cm³/mol. The van der Waals surface area contributed by atoms with Crippen molar-refractivity contribution in [1.29, 1.82) is 0 Å². The molecule has 154 valence electrons. The van der Waals surface area contributed by atoms with Gasteiger partial charge in [-0.3, -0.25) is 14.6 Å². The molecule has 1 aliphatic rings. The van der Waals surface area contributed by atoms with Crippen LogP contribution in [0.5, 0.6) is 17.2 Å². The predicted octanol–water partition coefficient (Wildman–Crippen LogP) is 2.62. The Labute approximate surface area is 178 Å². The first-order valence-electron chi connectivity index (χ1n) is 8.81. The quantitative estimate of drug-likeness (QED) is 0.550. The zero-order valence-electron chi connectivity index (χ0n) is 15.2. The molecule has 0 saturated heterocycles. The molecule has 0 radical (unpaired) electrons. The molecule has 0 bridgehead atoms. The van der Waals surface area contributed by atoms with E-state index >= 15 is 0 Å². The Morgan fingerprint density at radius 1 is 1.20 bits per heavy atom. The number of amides is 1. The molecule has 1 saturated carbocycles. The Balaban J connectivity index is 1.64. The highest BCUT2D eigenvalue weighted by Gasteiger charge is 2.25. The van der Waals surface area contributed by atoms with Gasteiger partial charge in [0.1, 0.15) is 17.7 Å². The highest BCUT2D eigenvalue weighted by Crippen LogP contribution is 2.39. The van der Waals surface area contributed by atoms with Crippen molar-refractivity contribution < 1.29 is 14.6 Å². The minimum atomic E-state index is -0.756. The number of benzene rings is 2. The molecular formula is C19H14Cl2N4O5. The number of aromatic amines is 1. The van der Waals surface area contributed by atoms with Crippen molar-refractivity contribution in [3.05, 3.63) is 73.0 Å². The summed E-state index contributed by atoms with van der Waals surface area (Å²) in [7, 11) is 0. The monoisotopic (exact) mass is 448 g/mol. The van der Waals surface area contributed by atoms with Crippen LogP contribution in [0.3, 0.4) is 0 Å². The fourth-order valence-corrected chi connectivity index (χ4v) is 3.23. The van der Waals surface area contributed by atoms with E-state index < -0.39 is 17.2 Å². The Morgan fingerprint density at radius 2 is 1.90 bits per heavy atom. The summed E-state index contributed by atoms with van der Waals surface area (Å²) in [6, 6.07) is 7.06. The maximum absolute atomic E-state index is 12.3. The van der Waals surface area contributed by atoms with Crippen LogP contribution in [0.2, 0.25) is 10.0 Å². The van der Waals surface area contributed by atoms with Gasteiger partial charge in [-0.1, -0.05) is 23.2 Å². The van der Waals surface area contributed by atoms with Gasteiger partial charge in [0.25, 0.3) is 11.5 Å². The Hall–Kier alpha value is -3.30. The molecule has 1 amide bonds. The minimum absolute atomic E-state index is 0.0623. The number of aromatic hydroxyl groups is 1. The van der Waals surface area contributed by atoms with E-state index in [0.717, 1.165) is 23.7 Å². The molecule has 9 nitrogen and oxygen atoms in total. The van der Waals surface area contributed by atoms with Gasteiger partial charge in [0.05, 0.1) is 21.3 Å². The summed E-state index contributed by atoms with van der Waals surface area (Å²) in [6.45, 7) is 0. The van der Waals surface area contributed by atoms with E-state index in [9.17, 15) is 19.5 Å². The Morgan fingerprint density at radius 3 is 2.53 bits per heavy atom. The van der Waals surface area contributed by atoms with Gasteiger partial charge in [-0.15, -0.1) is 0 Å². The summed E-state index contributed by atoms with van der Waals surface area (Å²) in [6.07, 6.45) is 2.76.